The molecule has 1 N–H and O–H groups in total. The number of hydrogen-bond acceptors (Lipinski definition) is 4. The third-order valence-electron chi connectivity index (χ3n) is 3.20. The molecule has 92 valence electrons. The van der Waals surface area contributed by atoms with E-state index >= 15 is 0 Å². The number of phenolic OH excluding ortho intramolecular Hbond substituents is 1. The zero-order valence-electron chi connectivity index (χ0n) is 9.24. The van der Waals surface area contributed by atoms with Crippen LogP contribution in [0.5, 0.6) is 5.75 Å². The first-order chi connectivity index (χ1) is 8.02. The number of sulfone groups is 1. The number of benzene rings is 1. The van der Waals surface area contributed by atoms with Gasteiger partial charge in [-0.25, -0.2) is 8.42 Å². The van der Waals surface area contributed by atoms with Gasteiger partial charge in [-0.3, -0.25) is 0 Å². The normalized spacial score (nSPS) is 24.4. The molecule has 2 atom stereocenters. The molecule has 2 rings (SSSR count). The third kappa shape index (κ3) is 2.66. The standard InChI is InChI=1S/C12H14O4S/c13-7-12(9-1-3-11(14)4-2-9)10-5-6-17(15,16)8-10/h1-4,7,10,12,14H,5-6,8H2. The molecule has 1 aliphatic heterocycles. The van der Waals surface area contributed by atoms with E-state index in [1.165, 1.54) is 12.1 Å². The largest absolute Gasteiger partial charge is 0.508 e. The highest BCUT2D eigenvalue weighted by Crippen LogP contribution is 2.32. The van der Waals surface area contributed by atoms with Crippen molar-refractivity contribution in [3.8, 4) is 5.75 Å². The highest BCUT2D eigenvalue weighted by Gasteiger charge is 2.34. The average Bonchev–Trinajstić information content (AvgIpc) is 2.63. The predicted molar refractivity (Wildman–Crippen MR) is 63.7 cm³/mol. The Morgan fingerprint density at radius 3 is 2.41 bits per heavy atom. The number of aromatic hydroxyl groups is 1. The summed E-state index contributed by atoms with van der Waals surface area (Å²) in [4.78, 5) is 11.1. The molecule has 1 fully saturated rings. The topological polar surface area (TPSA) is 71.4 Å². The molecule has 0 bridgehead atoms. The van der Waals surface area contributed by atoms with E-state index in [4.69, 9.17) is 0 Å². The lowest BCUT2D eigenvalue weighted by molar-refractivity contribution is -0.109. The Morgan fingerprint density at radius 2 is 1.94 bits per heavy atom. The van der Waals surface area contributed by atoms with E-state index in [0.29, 0.717) is 6.42 Å². The van der Waals surface area contributed by atoms with Crippen LogP contribution >= 0.6 is 0 Å². The fraction of sp³-hybridized carbons (Fsp3) is 0.417. The molecule has 1 heterocycles. The predicted octanol–water partition coefficient (Wildman–Crippen LogP) is 1.11. The van der Waals surface area contributed by atoms with Crippen LogP contribution in [0.25, 0.3) is 0 Å². The van der Waals surface area contributed by atoms with Gasteiger partial charge in [0.1, 0.15) is 12.0 Å². The van der Waals surface area contributed by atoms with E-state index in [1.54, 1.807) is 12.1 Å². The fourth-order valence-corrected chi connectivity index (χ4v) is 4.12. The SMILES string of the molecule is O=CC(c1ccc(O)cc1)C1CCS(=O)(=O)C1. The van der Waals surface area contributed by atoms with Crippen molar-refractivity contribution in [1.29, 1.82) is 0 Å². The molecule has 5 heteroatoms. The molecule has 0 aliphatic carbocycles. The molecular weight excluding hydrogens is 240 g/mol. The molecule has 0 saturated carbocycles. The Balaban J connectivity index is 2.23. The molecule has 1 aromatic rings. The monoisotopic (exact) mass is 254 g/mol. The van der Waals surface area contributed by atoms with Gasteiger partial charge in [0.05, 0.1) is 11.5 Å². The number of phenols is 1. The molecule has 0 spiro atoms. The maximum Gasteiger partial charge on any atom is 0.150 e. The van der Waals surface area contributed by atoms with Crippen LogP contribution in [0.2, 0.25) is 0 Å². The second-order valence-electron chi connectivity index (χ2n) is 4.42. The van der Waals surface area contributed by atoms with Crippen molar-refractivity contribution in [3.05, 3.63) is 29.8 Å². The molecule has 1 aliphatic rings. The van der Waals surface area contributed by atoms with Gasteiger partial charge in [0.2, 0.25) is 0 Å². The van der Waals surface area contributed by atoms with Gasteiger partial charge in [0, 0.05) is 5.92 Å². The van der Waals surface area contributed by atoms with E-state index in [9.17, 15) is 18.3 Å². The molecule has 17 heavy (non-hydrogen) atoms. The lowest BCUT2D eigenvalue weighted by atomic mass is 9.87. The van der Waals surface area contributed by atoms with Crippen LogP contribution in [0.3, 0.4) is 0 Å². The minimum Gasteiger partial charge on any atom is -0.508 e. The van der Waals surface area contributed by atoms with Crippen LogP contribution in [0, 0.1) is 5.92 Å². The zero-order valence-corrected chi connectivity index (χ0v) is 10.1. The van der Waals surface area contributed by atoms with Crippen molar-refractivity contribution in [2.75, 3.05) is 11.5 Å². The van der Waals surface area contributed by atoms with Crippen molar-refractivity contribution < 1.29 is 18.3 Å². The molecule has 1 aromatic carbocycles. The van der Waals surface area contributed by atoms with Crippen LogP contribution in [-0.4, -0.2) is 31.3 Å². The zero-order chi connectivity index (χ0) is 12.5. The van der Waals surface area contributed by atoms with Gasteiger partial charge in [0.15, 0.2) is 9.84 Å². The molecule has 0 amide bonds. The maximum atomic E-state index is 11.4. The van der Waals surface area contributed by atoms with Crippen molar-refractivity contribution >= 4 is 16.1 Å². The summed E-state index contributed by atoms with van der Waals surface area (Å²) in [6.07, 6.45) is 1.34. The van der Waals surface area contributed by atoms with Gasteiger partial charge in [-0.1, -0.05) is 12.1 Å². The number of aldehydes is 1. The van der Waals surface area contributed by atoms with Crippen molar-refractivity contribution in [3.63, 3.8) is 0 Å². The van der Waals surface area contributed by atoms with Crippen molar-refractivity contribution in [1.82, 2.24) is 0 Å². The Kier molecular flexibility index (Phi) is 3.19. The van der Waals surface area contributed by atoms with E-state index in [2.05, 4.69) is 0 Å². The second-order valence-corrected chi connectivity index (χ2v) is 6.65. The first-order valence-corrected chi connectivity index (χ1v) is 7.28. The molecule has 0 radical (unpaired) electrons. The number of carbonyl (C=O) groups excluding carboxylic acids is 1. The summed E-state index contributed by atoms with van der Waals surface area (Å²) in [5.74, 6) is -0.149. The molecule has 0 aromatic heterocycles. The van der Waals surface area contributed by atoms with Gasteiger partial charge in [-0.2, -0.15) is 0 Å². The van der Waals surface area contributed by atoms with Gasteiger partial charge < -0.3 is 9.90 Å². The Hall–Kier alpha value is -1.36. The molecule has 1 saturated heterocycles. The Morgan fingerprint density at radius 1 is 1.29 bits per heavy atom. The van der Waals surface area contributed by atoms with Crippen LogP contribution in [-0.2, 0) is 14.6 Å². The highest BCUT2D eigenvalue weighted by molar-refractivity contribution is 7.91. The van der Waals surface area contributed by atoms with E-state index < -0.39 is 15.8 Å². The highest BCUT2D eigenvalue weighted by atomic mass is 32.2. The number of carbonyl (C=O) groups is 1. The first-order valence-electron chi connectivity index (χ1n) is 5.46. The van der Waals surface area contributed by atoms with Crippen LogP contribution in [0.4, 0.5) is 0 Å². The Labute approximate surface area is 100 Å². The maximum absolute atomic E-state index is 11.4. The summed E-state index contributed by atoms with van der Waals surface area (Å²) in [5, 5.41) is 9.18. The Bertz CT molecular complexity index is 504. The van der Waals surface area contributed by atoms with Gasteiger partial charge >= 0.3 is 0 Å². The summed E-state index contributed by atoms with van der Waals surface area (Å²) < 4.78 is 22.8. The van der Waals surface area contributed by atoms with Crippen molar-refractivity contribution in [2.45, 2.75) is 12.3 Å². The first kappa shape index (κ1) is 12.1. The smallest absolute Gasteiger partial charge is 0.150 e. The average molecular weight is 254 g/mol. The van der Waals surface area contributed by atoms with Gasteiger partial charge in [0.25, 0.3) is 0 Å². The summed E-state index contributed by atoms with van der Waals surface area (Å²) in [6.45, 7) is 0. The molecule has 4 nitrogen and oxygen atoms in total. The van der Waals surface area contributed by atoms with Gasteiger partial charge in [-0.05, 0) is 30.0 Å². The minimum absolute atomic E-state index is 0.0806. The van der Waals surface area contributed by atoms with Gasteiger partial charge in [-0.15, -0.1) is 0 Å². The lowest BCUT2D eigenvalue weighted by Crippen LogP contribution is -2.15. The third-order valence-corrected chi connectivity index (χ3v) is 4.99. The summed E-state index contributed by atoms with van der Waals surface area (Å²) >= 11 is 0. The summed E-state index contributed by atoms with van der Waals surface area (Å²) in [7, 11) is -2.98. The van der Waals surface area contributed by atoms with Crippen LogP contribution in [0.1, 0.15) is 17.9 Å². The van der Waals surface area contributed by atoms with Crippen LogP contribution < -0.4 is 0 Å². The second kappa shape index (κ2) is 4.49. The fourth-order valence-electron chi connectivity index (χ4n) is 2.27. The minimum atomic E-state index is -2.98. The quantitative estimate of drug-likeness (QED) is 0.820. The van der Waals surface area contributed by atoms with E-state index in [0.717, 1.165) is 11.8 Å². The number of rotatable bonds is 3. The summed E-state index contributed by atoms with van der Waals surface area (Å²) in [5.41, 5.74) is 0.764. The van der Waals surface area contributed by atoms with Crippen molar-refractivity contribution in [2.24, 2.45) is 5.92 Å². The number of hydrogen-bond donors (Lipinski definition) is 1. The lowest BCUT2D eigenvalue weighted by Gasteiger charge is -2.16. The van der Waals surface area contributed by atoms with E-state index in [1.807, 2.05) is 0 Å². The van der Waals surface area contributed by atoms with Crippen LogP contribution in [0.15, 0.2) is 24.3 Å². The van der Waals surface area contributed by atoms with E-state index in [-0.39, 0.29) is 23.2 Å². The molecular formula is C12H14O4S. The molecule has 2 unspecified atom stereocenters. The summed E-state index contributed by atoms with van der Waals surface area (Å²) in [6, 6.07) is 6.35.